The molecule has 30 heavy (non-hydrogen) atoms. The zero-order valence-electron chi connectivity index (χ0n) is 16.8. The van der Waals surface area contributed by atoms with Gasteiger partial charge in [0.1, 0.15) is 12.3 Å². The lowest BCUT2D eigenvalue weighted by Gasteiger charge is -2.23. The summed E-state index contributed by atoms with van der Waals surface area (Å²) in [5.41, 5.74) is 3.60. The Kier molecular flexibility index (Phi) is 6.68. The van der Waals surface area contributed by atoms with E-state index in [1.165, 1.54) is 6.21 Å². The van der Waals surface area contributed by atoms with Gasteiger partial charge in [-0.1, -0.05) is 36.4 Å². The van der Waals surface area contributed by atoms with Gasteiger partial charge in [-0.05, 0) is 48.2 Å². The Morgan fingerprint density at radius 3 is 2.47 bits per heavy atom. The highest BCUT2D eigenvalue weighted by molar-refractivity contribution is 7.92. The van der Waals surface area contributed by atoms with Crippen LogP contribution in [0.25, 0.3) is 10.8 Å². The van der Waals surface area contributed by atoms with E-state index in [2.05, 4.69) is 10.5 Å². The summed E-state index contributed by atoms with van der Waals surface area (Å²) in [6, 6.07) is 20.0. The van der Waals surface area contributed by atoms with Crippen LogP contribution in [0.2, 0.25) is 0 Å². The van der Waals surface area contributed by atoms with E-state index in [0.717, 1.165) is 32.6 Å². The molecule has 0 heterocycles. The lowest BCUT2D eigenvalue weighted by atomic mass is 10.1. The molecule has 3 aromatic carbocycles. The van der Waals surface area contributed by atoms with Gasteiger partial charge in [-0.2, -0.15) is 5.10 Å². The van der Waals surface area contributed by atoms with Gasteiger partial charge in [-0.25, -0.2) is 13.8 Å². The standard InChI is InChI=1S/C22H23N3O4S/c1-3-29-19-13-11-17(12-14-19)15-23-24-22(26)16-25(30(2,27)28)21-10-6-8-18-7-4-5-9-20(18)21/h4-15H,3,16H2,1-2H3,(H,24,26)/b23-15-. The number of ether oxygens (including phenoxy) is 1. The van der Waals surface area contributed by atoms with Crippen molar-refractivity contribution in [1.29, 1.82) is 0 Å². The molecule has 0 bridgehead atoms. The SMILES string of the molecule is CCOc1ccc(/C=N\NC(=O)CN(c2cccc3ccccc23)S(C)(=O)=O)cc1. The number of fused-ring (bicyclic) bond motifs is 1. The molecule has 0 aliphatic rings. The molecule has 0 unspecified atom stereocenters. The molecule has 0 fully saturated rings. The molecule has 0 atom stereocenters. The van der Waals surface area contributed by atoms with Crippen molar-refractivity contribution in [3.63, 3.8) is 0 Å². The number of nitrogens with zero attached hydrogens (tertiary/aromatic N) is 2. The normalized spacial score (nSPS) is 11.5. The zero-order valence-corrected chi connectivity index (χ0v) is 17.6. The maximum Gasteiger partial charge on any atom is 0.260 e. The van der Waals surface area contributed by atoms with E-state index < -0.39 is 15.9 Å². The summed E-state index contributed by atoms with van der Waals surface area (Å²) in [6.07, 6.45) is 2.56. The van der Waals surface area contributed by atoms with Crippen molar-refractivity contribution in [1.82, 2.24) is 5.43 Å². The molecule has 0 saturated heterocycles. The average Bonchev–Trinajstić information content (AvgIpc) is 2.72. The highest BCUT2D eigenvalue weighted by atomic mass is 32.2. The third-order valence-electron chi connectivity index (χ3n) is 4.32. The van der Waals surface area contributed by atoms with Crippen LogP contribution in [0.5, 0.6) is 5.75 Å². The molecular formula is C22H23N3O4S. The molecule has 0 aliphatic heterocycles. The maximum atomic E-state index is 12.4. The Balaban J connectivity index is 1.73. The smallest absolute Gasteiger partial charge is 0.260 e. The first-order valence-corrected chi connectivity index (χ1v) is 11.2. The summed E-state index contributed by atoms with van der Waals surface area (Å²) in [4.78, 5) is 12.4. The minimum Gasteiger partial charge on any atom is -0.494 e. The van der Waals surface area contributed by atoms with Gasteiger partial charge in [0.2, 0.25) is 10.0 Å². The lowest BCUT2D eigenvalue weighted by Crippen LogP contribution is -2.39. The van der Waals surface area contributed by atoms with Crippen LogP contribution in [0.1, 0.15) is 12.5 Å². The molecule has 1 N–H and O–H groups in total. The highest BCUT2D eigenvalue weighted by Crippen LogP contribution is 2.28. The van der Waals surface area contributed by atoms with E-state index >= 15 is 0 Å². The lowest BCUT2D eigenvalue weighted by molar-refractivity contribution is -0.119. The first-order chi connectivity index (χ1) is 14.4. The fourth-order valence-corrected chi connectivity index (χ4v) is 3.84. The van der Waals surface area contributed by atoms with Gasteiger partial charge in [-0.3, -0.25) is 9.10 Å². The summed E-state index contributed by atoms with van der Waals surface area (Å²) in [7, 11) is -3.69. The Labute approximate surface area is 176 Å². The number of benzene rings is 3. The van der Waals surface area contributed by atoms with Crippen LogP contribution in [0, 0.1) is 0 Å². The Hall–Kier alpha value is -3.39. The second-order valence-electron chi connectivity index (χ2n) is 6.56. The molecule has 1 amide bonds. The summed E-state index contributed by atoms with van der Waals surface area (Å²) in [5.74, 6) is 0.202. The number of hydrogen-bond acceptors (Lipinski definition) is 5. The van der Waals surface area contributed by atoms with Gasteiger partial charge >= 0.3 is 0 Å². The van der Waals surface area contributed by atoms with Gasteiger partial charge in [0.05, 0.1) is 24.8 Å². The first-order valence-electron chi connectivity index (χ1n) is 9.38. The van der Waals surface area contributed by atoms with Crippen LogP contribution in [-0.2, 0) is 14.8 Å². The van der Waals surface area contributed by atoms with Crippen molar-refractivity contribution >= 4 is 38.6 Å². The molecule has 7 nitrogen and oxygen atoms in total. The summed E-state index contributed by atoms with van der Waals surface area (Å²) in [5, 5.41) is 5.55. The molecule has 0 aliphatic carbocycles. The molecule has 156 valence electrons. The molecule has 0 spiro atoms. The number of carbonyl (C=O) groups is 1. The quantitative estimate of drug-likeness (QED) is 0.444. The average molecular weight is 426 g/mol. The van der Waals surface area contributed by atoms with Crippen LogP contribution < -0.4 is 14.5 Å². The number of rotatable bonds is 8. The Morgan fingerprint density at radius 2 is 1.77 bits per heavy atom. The van der Waals surface area contributed by atoms with E-state index in [-0.39, 0.29) is 6.54 Å². The molecular weight excluding hydrogens is 402 g/mol. The summed E-state index contributed by atoms with van der Waals surface area (Å²) in [6.45, 7) is 2.10. The molecule has 3 rings (SSSR count). The van der Waals surface area contributed by atoms with Crippen molar-refractivity contribution in [2.45, 2.75) is 6.92 Å². The summed E-state index contributed by atoms with van der Waals surface area (Å²) >= 11 is 0. The van der Waals surface area contributed by atoms with Gasteiger partial charge in [0.25, 0.3) is 5.91 Å². The van der Waals surface area contributed by atoms with Crippen molar-refractivity contribution in [3.05, 3.63) is 72.3 Å². The number of amides is 1. The number of hydrazone groups is 1. The predicted molar refractivity (Wildman–Crippen MR) is 119 cm³/mol. The van der Waals surface area contributed by atoms with Crippen LogP contribution in [-0.4, -0.2) is 39.9 Å². The second kappa shape index (κ2) is 9.41. The van der Waals surface area contributed by atoms with E-state index in [4.69, 9.17) is 4.74 Å². The van der Waals surface area contributed by atoms with E-state index in [9.17, 15) is 13.2 Å². The van der Waals surface area contributed by atoms with Crippen LogP contribution >= 0.6 is 0 Å². The topological polar surface area (TPSA) is 88.1 Å². The fourth-order valence-electron chi connectivity index (χ4n) is 2.97. The number of hydrogen-bond donors (Lipinski definition) is 1. The number of carbonyl (C=O) groups excluding carboxylic acids is 1. The highest BCUT2D eigenvalue weighted by Gasteiger charge is 2.22. The molecule has 0 aromatic heterocycles. The van der Waals surface area contributed by atoms with E-state index in [1.807, 2.05) is 37.3 Å². The Bertz CT molecular complexity index is 1150. The largest absolute Gasteiger partial charge is 0.494 e. The van der Waals surface area contributed by atoms with Crippen LogP contribution in [0.15, 0.2) is 71.8 Å². The first kappa shape index (κ1) is 21.3. The van der Waals surface area contributed by atoms with Gasteiger partial charge < -0.3 is 4.74 Å². The third-order valence-corrected chi connectivity index (χ3v) is 5.44. The van der Waals surface area contributed by atoms with Crippen LogP contribution in [0.4, 0.5) is 5.69 Å². The second-order valence-corrected chi connectivity index (χ2v) is 8.47. The summed E-state index contributed by atoms with van der Waals surface area (Å²) < 4.78 is 31.2. The molecule has 8 heteroatoms. The monoisotopic (exact) mass is 425 g/mol. The number of anilines is 1. The van der Waals surface area contributed by atoms with Crippen LogP contribution in [0.3, 0.4) is 0 Å². The maximum absolute atomic E-state index is 12.4. The van der Waals surface area contributed by atoms with Crippen molar-refractivity contribution in [2.75, 3.05) is 23.7 Å². The van der Waals surface area contributed by atoms with Gasteiger partial charge in [-0.15, -0.1) is 0 Å². The van der Waals surface area contributed by atoms with Crippen molar-refractivity contribution in [3.8, 4) is 5.75 Å². The number of nitrogens with one attached hydrogen (secondary N) is 1. The van der Waals surface area contributed by atoms with Crippen molar-refractivity contribution in [2.24, 2.45) is 5.10 Å². The van der Waals surface area contributed by atoms with Gasteiger partial charge in [0.15, 0.2) is 0 Å². The zero-order chi connectivity index (χ0) is 21.6. The third kappa shape index (κ3) is 5.36. The van der Waals surface area contributed by atoms with E-state index in [1.54, 1.807) is 36.4 Å². The minimum absolute atomic E-state index is 0.381. The van der Waals surface area contributed by atoms with Crippen molar-refractivity contribution < 1.29 is 17.9 Å². The molecule has 0 saturated carbocycles. The number of sulfonamides is 1. The van der Waals surface area contributed by atoms with Gasteiger partial charge in [0, 0.05) is 5.39 Å². The van der Waals surface area contributed by atoms with E-state index in [0.29, 0.717) is 12.3 Å². The minimum atomic E-state index is -3.69. The fraction of sp³-hybridized carbons (Fsp3) is 0.182. The predicted octanol–water partition coefficient (Wildman–Crippen LogP) is 3.15. The Morgan fingerprint density at radius 1 is 1.07 bits per heavy atom. The molecule has 3 aromatic rings. The molecule has 0 radical (unpaired) electrons.